The van der Waals surface area contributed by atoms with E-state index >= 15 is 0 Å². The van der Waals surface area contributed by atoms with Gasteiger partial charge in [0.25, 0.3) is 0 Å². The molecule has 0 heterocycles. The number of hydrogen-bond donors (Lipinski definition) is 0. The lowest BCUT2D eigenvalue weighted by Gasteiger charge is -2.31. The second kappa shape index (κ2) is 13.9. The summed E-state index contributed by atoms with van der Waals surface area (Å²) in [6, 6.07) is 2.93. The van der Waals surface area contributed by atoms with Gasteiger partial charge in [0.2, 0.25) is 0 Å². The number of hydrogen-bond acceptors (Lipinski definition) is 0. The summed E-state index contributed by atoms with van der Waals surface area (Å²) in [4.78, 5) is 0. The Balaban J connectivity index is -0.000000141. The minimum Gasteiger partial charge on any atom is -1.00 e. The molecule has 0 aromatic rings. The van der Waals surface area contributed by atoms with Gasteiger partial charge < -0.3 is 38.4 Å². The van der Waals surface area contributed by atoms with Gasteiger partial charge in [-0.1, -0.05) is 21.3 Å². The topological polar surface area (TPSA) is 0 Å². The van der Waals surface area contributed by atoms with Crippen LogP contribution in [0.3, 0.4) is 0 Å². The molecule has 114 valence electrons. The fourth-order valence-electron chi connectivity index (χ4n) is 1.63. The van der Waals surface area contributed by atoms with Crippen LogP contribution in [0.2, 0.25) is 0 Å². The van der Waals surface area contributed by atoms with E-state index in [-0.39, 0.29) is 48.8 Å². The first-order valence-corrected chi connectivity index (χ1v) is 5.53. The summed E-state index contributed by atoms with van der Waals surface area (Å²) in [6.45, 7) is 8.75. The smallest absolute Gasteiger partial charge is 0.133 e. The Bertz CT molecular complexity index is 201. The first kappa shape index (κ1) is 31.0. The van der Waals surface area contributed by atoms with Crippen molar-refractivity contribution in [2.45, 2.75) is 35.1 Å². The zero-order valence-electron chi connectivity index (χ0n) is 11.3. The standard InChI is InChI=1S/C12H26N2.2CH4.2BrH/c1-7-14(8-2,9-3)12-10-11-13(4,5)6;;;;/h1H,8-12H2,2-6H3;2*1H4;2*1H/q+2;;;;/p-2. The minimum absolute atomic E-state index is 0. The monoisotopic (exact) mass is 388 g/mol. The largest absolute Gasteiger partial charge is 1.00 e. The van der Waals surface area contributed by atoms with Crippen molar-refractivity contribution in [2.24, 2.45) is 0 Å². The molecule has 0 unspecified atom stereocenters. The Morgan fingerprint density at radius 3 is 1.50 bits per heavy atom. The van der Waals surface area contributed by atoms with Crippen molar-refractivity contribution in [3.05, 3.63) is 0 Å². The molecular formula is C14H34Br2N2. The van der Waals surface area contributed by atoms with Crippen LogP contribution < -0.4 is 34.0 Å². The molecule has 0 saturated heterocycles. The Hall–Kier alpha value is 0.440. The van der Waals surface area contributed by atoms with E-state index in [0.717, 1.165) is 28.6 Å². The minimum atomic E-state index is 0. The van der Waals surface area contributed by atoms with Crippen LogP contribution in [0.1, 0.15) is 35.1 Å². The molecule has 0 saturated carbocycles. The summed E-state index contributed by atoms with van der Waals surface area (Å²) in [5.74, 6) is 0. The fourth-order valence-corrected chi connectivity index (χ4v) is 1.63. The molecular weight excluding hydrogens is 356 g/mol. The Kier molecular flexibility index (Phi) is 23.9. The Morgan fingerprint density at radius 2 is 1.28 bits per heavy atom. The van der Waals surface area contributed by atoms with E-state index in [2.05, 4.69) is 41.0 Å². The molecule has 0 aliphatic heterocycles. The van der Waals surface area contributed by atoms with Crippen molar-refractivity contribution < 1.29 is 42.9 Å². The van der Waals surface area contributed by atoms with E-state index in [4.69, 9.17) is 6.42 Å². The van der Waals surface area contributed by atoms with E-state index in [0.29, 0.717) is 0 Å². The highest BCUT2D eigenvalue weighted by atomic mass is 79.9. The summed E-state index contributed by atoms with van der Waals surface area (Å²) >= 11 is 0. The predicted octanol–water partition coefficient (Wildman–Crippen LogP) is -3.19. The molecule has 0 atom stereocenters. The second-order valence-corrected chi connectivity index (χ2v) is 5.00. The van der Waals surface area contributed by atoms with Crippen molar-refractivity contribution in [3.8, 4) is 12.5 Å². The molecule has 0 aromatic heterocycles. The van der Waals surface area contributed by atoms with Gasteiger partial charge >= 0.3 is 0 Å². The lowest BCUT2D eigenvalue weighted by atomic mass is 10.3. The molecule has 0 aromatic carbocycles. The van der Waals surface area contributed by atoms with Gasteiger partial charge in [0.1, 0.15) is 6.04 Å². The van der Waals surface area contributed by atoms with Gasteiger partial charge in [-0.15, -0.1) is 0 Å². The van der Waals surface area contributed by atoms with Crippen LogP contribution in [-0.2, 0) is 0 Å². The summed E-state index contributed by atoms with van der Waals surface area (Å²) in [6.07, 6.45) is 6.80. The molecule has 0 amide bonds. The van der Waals surface area contributed by atoms with Crippen molar-refractivity contribution in [2.75, 3.05) is 47.3 Å². The van der Waals surface area contributed by atoms with Crippen LogP contribution in [0.5, 0.6) is 0 Å². The molecule has 4 heteroatoms. The molecule has 0 spiro atoms. The van der Waals surface area contributed by atoms with Crippen molar-refractivity contribution in [1.82, 2.24) is 0 Å². The van der Waals surface area contributed by atoms with Gasteiger partial charge in [-0.05, 0) is 13.8 Å². The van der Waals surface area contributed by atoms with E-state index in [9.17, 15) is 0 Å². The van der Waals surface area contributed by atoms with Gasteiger partial charge in [0.15, 0.2) is 0 Å². The van der Waals surface area contributed by atoms with Gasteiger partial charge in [0, 0.05) is 6.42 Å². The van der Waals surface area contributed by atoms with Gasteiger partial charge in [0.05, 0.1) is 47.3 Å². The molecule has 0 radical (unpaired) electrons. The summed E-state index contributed by atoms with van der Waals surface area (Å²) in [7, 11) is 6.67. The molecule has 0 fully saturated rings. The Labute approximate surface area is 137 Å². The zero-order valence-corrected chi connectivity index (χ0v) is 14.4. The third-order valence-corrected chi connectivity index (χ3v) is 2.90. The molecule has 18 heavy (non-hydrogen) atoms. The number of nitrogens with zero attached hydrogens (tertiary/aromatic N) is 2. The third-order valence-electron chi connectivity index (χ3n) is 2.90. The number of quaternary nitrogens is 2. The van der Waals surface area contributed by atoms with Crippen LogP contribution in [0.15, 0.2) is 0 Å². The lowest BCUT2D eigenvalue weighted by molar-refractivity contribution is -0.885. The fraction of sp³-hybridized carbons (Fsp3) is 0.857. The highest BCUT2D eigenvalue weighted by Gasteiger charge is 2.21. The maximum atomic E-state index is 5.60. The van der Waals surface area contributed by atoms with Crippen molar-refractivity contribution in [3.63, 3.8) is 0 Å². The molecule has 0 N–H and O–H groups in total. The molecule has 2 nitrogen and oxygen atoms in total. The number of rotatable bonds is 6. The summed E-state index contributed by atoms with van der Waals surface area (Å²) in [5, 5.41) is 0. The number of terminal acetylenes is 1. The second-order valence-electron chi connectivity index (χ2n) is 5.00. The van der Waals surface area contributed by atoms with Gasteiger partial charge in [-0.25, -0.2) is 4.48 Å². The quantitative estimate of drug-likeness (QED) is 0.332. The van der Waals surface area contributed by atoms with Crippen LogP contribution in [0.25, 0.3) is 0 Å². The normalized spacial score (nSPS) is 9.78. The maximum Gasteiger partial charge on any atom is 0.133 e. The Morgan fingerprint density at radius 1 is 0.889 bits per heavy atom. The van der Waals surface area contributed by atoms with Crippen LogP contribution in [0.4, 0.5) is 0 Å². The average molecular weight is 390 g/mol. The van der Waals surface area contributed by atoms with Crippen LogP contribution >= 0.6 is 0 Å². The first-order chi connectivity index (χ1) is 6.39. The molecule has 0 rings (SSSR count). The third kappa shape index (κ3) is 12.9. The molecule has 0 aliphatic carbocycles. The van der Waals surface area contributed by atoms with E-state index < -0.39 is 0 Å². The predicted molar refractivity (Wildman–Crippen MR) is 76.0 cm³/mol. The van der Waals surface area contributed by atoms with Crippen LogP contribution in [0, 0.1) is 12.5 Å². The van der Waals surface area contributed by atoms with Crippen molar-refractivity contribution >= 4 is 0 Å². The first-order valence-electron chi connectivity index (χ1n) is 5.53. The molecule has 0 aliphatic rings. The van der Waals surface area contributed by atoms with Gasteiger partial charge in [-0.2, -0.15) is 0 Å². The maximum absolute atomic E-state index is 5.60. The molecule has 0 bridgehead atoms. The summed E-state index contributed by atoms with van der Waals surface area (Å²) < 4.78 is 1.85. The van der Waals surface area contributed by atoms with E-state index in [1.807, 2.05) is 0 Å². The SMILES string of the molecule is C.C.C#C[N+](CC)(CC)CCC[N+](C)(C)C.[Br-].[Br-]. The zero-order chi connectivity index (χ0) is 11.2. The average Bonchev–Trinajstić information content (AvgIpc) is 2.11. The van der Waals surface area contributed by atoms with Crippen LogP contribution in [-0.4, -0.2) is 56.3 Å². The summed E-state index contributed by atoms with van der Waals surface area (Å²) in [5.41, 5.74) is 0. The highest BCUT2D eigenvalue weighted by Crippen LogP contribution is 2.06. The highest BCUT2D eigenvalue weighted by molar-refractivity contribution is 4.72. The van der Waals surface area contributed by atoms with E-state index in [1.165, 1.54) is 13.0 Å². The van der Waals surface area contributed by atoms with Gasteiger partial charge in [-0.3, -0.25) is 0 Å². The number of halogens is 2. The van der Waals surface area contributed by atoms with E-state index in [1.54, 1.807) is 0 Å². The lowest BCUT2D eigenvalue weighted by Crippen LogP contribution is -3.00. The van der Waals surface area contributed by atoms with Crippen molar-refractivity contribution in [1.29, 1.82) is 0 Å².